The van der Waals surface area contributed by atoms with E-state index in [9.17, 15) is 0 Å². The van der Waals surface area contributed by atoms with E-state index in [1.165, 1.54) is 49.3 Å². The number of rotatable bonds is 15. The third-order valence-electron chi connectivity index (χ3n) is 19.7. The maximum Gasteiger partial charge on any atom is 0.0547 e. The SMILES string of the molecule is c1ccc(-c2ccc(-c3cccc(N(c4ccccc4)c4ccc(-c5ccccc5-n5c6ccccc6c6ccc(-c7cccc(-c8ccc(N(c9ccc(-c%10cccc(-n%11c%12ccccc%12c%12ccccc%12%11)c%10)cc9)c9ccccc9-c9ccccc9)cc8)c7)cc65)cc4)c3)cc2)cc1. The van der Waals surface area contributed by atoms with Gasteiger partial charge >= 0.3 is 0 Å². The van der Waals surface area contributed by atoms with Gasteiger partial charge in [0.25, 0.3) is 0 Å². The Bertz CT molecular complexity index is 5940. The first-order chi connectivity index (χ1) is 49.6. The number of hydrogen-bond donors (Lipinski definition) is 0. The van der Waals surface area contributed by atoms with Gasteiger partial charge in [-0.3, -0.25) is 0 Å². The van der Waals surface area contributed by atoms with E-state index in [2.05, 4.69) is 419 Å². The number of fused-ring (bicyclic) bond motifs is 6. The van der Waals surface area contributed by atoms with Gasteiger partial charge in [-0.1, -0.05) is 285 Å². The molecule has 0 aliphatic heterocycles. The summed E-state index contributed by atoms with van der Waals surface area (Å²) in [6.45, 7) is 0. The predicted molar refractivity (Wildman–Crippen MR) is 423 cm³/mol. The van der Waals surface area contributed by atoms with Gasteiger partial charge in [0, 0.05) is 66.8 Å². The molecular formula is C96H66N4. The third kappa shape index (κ3) is 11.0. The Labute approximate surface area is 582 Å². The van der Waals surface area contributed by atoms with E-state index in [-0.39, 0.29) is 0 Å². The summed E-state index contributed by atoms with van der Waals surface area (Å²) in [5, 5.41) is 4.94. The van der Waals surface area contributed by atoms with E-state index in [0.29, 0.717) is 0 Å². The van der Waals surface area contributed by atoms with Gasteiger partial charge in [-0.25, -0.2) is 0 Å². The Hall–Kier alpha value is -13.3. The molecule has 18 aromatic rings. The lowest BCUT2D eigenvalue weighted by Crippen LogP contribution is -2.11. The van der Waals surface area contributed by atoms with Crippen molar-refractivity contribution in [1.29, 1.82) is 0 Å². The van der Waals surface area contributed by atoms with Crippen LogP contribution < -0.4 is 9.80 Å². The normalized spacial score (nSPS) is 11.4. The van der Waals surface area contributed by atoms with E-state index in [1.54, 1.807) is 0 Å². The molecule has 0 atom stereocenters. The largest absolute Gasteiger partial charge is 0.310 e. The first kappa shape index (κ1) is 59.2. The van der Waals surface area contributed by atoms with E-state index in [0.717, 1.165) is 118 Å². The zero-order chi connectivity index (χ0) is 66.3. The van der Waals surface area contributed by atoms with Crippen molar-refractivity contribution in [3.05, 3.63) is 400 Å². The molecule has 0 fully saturated rings. The first-order valence-electron chi connectivity index (χ1n) is 34.3. The highest BCUT2D eigenvalue weighted by molar-refractivity contribution is 6.11. The molecule has 16 aromatic carbocycles. The molecule has 0 aliphatic rings. The van der Waals surface area contributed by atoms with Gasteiger partial charge in [-0.15, -0.1) is 0 Å². The summed E-state index contributed by atoms with van der Waals surface area (Å²) in [7, 11) is 0. The molecule has 0 saturated heterocycles. The molecule has 0 saturated carbocycles. The quantitative estimate of drug-likeness (QED) is 0.102. The van der Waals surface area contributed by atoms with Crippen LogP contribution in [0.4, 0.5) is 34.1 Å². The van der Waals surface area contributed by atoms with Gasteiger partial charge in [0.1, 0.15) is 0 Å². The lowest BCUT2D eigenvalue weighted by Gasteiger charge is -2.28. The van der Waals surface area contributed by atoms with Crippen LogP contribution >= 0.6 is 0 Å². The fourth-order valence-corrected chi connectivity index (χ4v) is 14.9. The van der Waals surface area contributed by atoms with E-state index in [4.69, 9.17) is 0 Å². The third-order valence-corrected chi connectivity index (χ3v) is 19.7. The lowest BCUT2D eigenvalue weighted by molar-refractivity contribution is 1.18. The van der Waals surface area contributed by atoms with Gasteiger partial charge in [0.05, 0.1) is 33.4 Å². The number of hydrogen-bond acceptors (Lipinski definition) is 2. The molecule has 0 bridgehead atoms. The standard InChI is InChI=1S/C96H66N4/c1-4-23-67(24-5-1)68-45-47-69(48-46-68)76-29-21-33-83(64-76)97(79-31-8-3-9-32-79)80-60-53-73(54-61-80)86-36-11-16-41-92(86)100-95-44-19-14-39-89(95)90-62-55-78(66-96(90)100)75-28-20-27-74(63-75)70-49-56-81(57-50-70)98(91-40-15-10-35-85(91)72-25-6-2-7-26-72)82-58-51-71(52-59-82)77-30-22-34-84(65-77)99-93-42-17-12-37-87(93)88-38-13-18-43-94(88)99/h1-66H. The second kappa shape index (κ2) is 25.7. The second-order valence-corrected chi connectivity index (χ2v) is 25.6. The van der Waals surface area contributed by atoms with E-state index >= 15 is 0 Å². The summed E-state index contributed by atoms with van der Waals surface area (Å²) in [6, 6.07) is 146. The summed E-state index contributed by atoms with van der Waals surface area (Å²) >= 11 is 0. The Kier molecular flexibility index (Phi) is 15.2. The fraction of sp³-hybridized carbons (Fsp3) is 0. The molecule has 100 heavy (non-hydrogen) atoms. The topological polar surface area (TPSA) is 16.3 Å². The Balaban J connectivity index is 0.661. The fourth-order valence-electron chi connectivity index (χ4n) is 14.9. The van der Waals surface area contributed by atoms with Crippen LogP contribution in [0, 0.1) is 0 Å². The molecule has 0 radical (unpaired) electrons. The zero-order valence-electron chi connectivity index (χ0n) is 54.9. The van der Waals surface area contributed by atoms with Crippen molar-refractivity contribution in [2.45, 2.75) is 0 Å². The van der Waals surface area contributed by atoms with Crippen LogP contribution in [0.2, 0.25) is 0 Å². The van der Waals surface area contributed by atoms with Gasteiger partial charge in [0.15, 0.2) is 0 Å². The first-order valence-corrected chi connectivity index (χ1v) is 34.3. The molecule has 2 heterocycles. The molecule has 0 amide bonds. The minimum absolute atomic E-state index is 1.07. The number of para-hydroxylation sites is 6. The molecule has 18 rings (SSSR count). The molecule has 0 spiro atoms. The monoisotopic (exact) mass is 1270 g/mol. The van der Waals surface area contributed by atoms with E-state index < -0.39 is 0 Å². The molecule has 4 heteroatoms. The Morgan fingerprint density at radius 2 is 0.520 bits per heavy atom. The molecule has 4 nitrogen and oxygen atoms in total. The average Bonchev–Trinajstić information content (AvgIpc) is 1.59. The molecule has 0 N–H and O–H groups in total. The maximum absolute atomic E-state index is 2.47. The molecule has 0 unspecified atom stereocenters. The molecule has 470 valence electrons. The van der Waals surface area contributed by atoms with Crippen molar-refractivity contribution in [3.63, 3.8) is 0 Å². The van der Waals surface area contributed by atoms with Crippen LogP contribution in [0.25, 0.3) is 133 Å². The van der Waals surface area contributed by atoms with Crippen LogP contribution in [0.5, 0.6) is 0 Å². The van der Waals surface area contributed by atoms with Crippen molar-refractivity contribution in [2.24, 2.45) is 0 Å². The predicted octanol–water partition coefficient (Wildman–Crippen LogP) is 26.5. The second-order valence-electron chi connectivity index (χ2n) is 25.6. The number of benzene rings is 16. The summed E-state index contributed by atoms with van der Waals surface area (Å²) in [5.74, 6) is 0. The van der Waals surface area contributed by atoms with Crippen molar-refractivity contribution in [1.82, 2.24) is 9.13 Å². The minimum atomic E-state index is 1.07. The number of anilines is 6. The van der Waals surface area contributed by atoms with Crippen molar-refractivity contribution in [2.75, 3.05) is 9.80 Å². The van der Waals surface area contributed by atoms with Crippen LogP contribution in [0.15, 0.2) is 400 Å². The highest BCUT2D eigenvalue weighted by Crippen LogP contribution is 2.45. The van der Waals surface area contributed by atoms with Crippen LogP contribution in [0.3, 0.4) is 0 Å². The van der Waals surface area contributed by atoms with Crippen LogP contribution in [-0.4, -0.2) is 9.13 Å². The molecular weight excluding hydrogens is 1210 g/mol. The van der Waals surface area contributed by atoms with Crippen LogP contribution in [-0.2, 0) is 0 Å². The van der Waals surface area contributed by atoms with Crippen molar-refractivity contribution < 1.29 is 0 Å². The summed E-state index contributed by atoms with van der Waals surface area (Å²) in [4.78, 5) is 4.75. The zero-order valence-corrected chi connectivity index (χ0v) is 54.9. The van der Waals surface area contributed by atoms with E-state index in [1.807, 2.05) is 0 Å². The van der Waals surface area contributed by atoms with Gasteiger partial charge in [-0.2, -0.15) is 0 Å². The van der Waals surface area contributed by atoms with Gasteiger partial charge < -0.3 is 18.9 Å². The highest BCUT2D eigenvalue weighted by atomic mass is 15.1. The summed E-state index contributed by atoms with van der Waals surface area (Å²) in [5.41, 5.74) is 29.7. The van der Waals surface area contributed by atoms with Crippen LogP contribution in [0.1, 0.15) is 0 Å². The smallest absolute Gasteiger partial charge is 0.0547 e. The summed E-state index contributed by atoms with van der Waals surface area (Å²) < 4.78 is 4.86. The highest BCUT2D eigenvalue weighted by Gasteiger charge is 2.22. The maximum atomic E-state index is 2.47. The summed E-state index contributed by atoms with van der Waals surface area (Å²) in [6.07, 6.45) is 0. The number of aromatic nitrogens is 2. The van der Waals surface area contributed by atoms with Crippen molar-refractivity contribution in [3.8, 4) is 89.3 Å². The number of nitrogens with zero attached hydrogens (tertiary/aromatic N) is 4. The van der Waals surface area contributed by atoms with Gasteiger partial charge in [0.2, 0.25) is 0 Å². The molecule has 0 aliphatic carbocycles. The van der Waals surface area contributed by atoms with Crippen molar-refractivity contribution >= 4 is 77.7 Å². The molecule has 2 aromatic heterocycles. The average molecular weight is 1280 g/mol. The Morgan fingerprint density at radius 1 is 0.170 bits per heavy atom. The lowest BCUT2D eigenvalue weighted by atomic mass is 9.97. The van der Waals surface area contributed by atoms with Gasteiger partial charge in [-0.05, 0) is 182 Å². The minimum Gasteiger partial charge on any atom is -0.310 e. The Morgan fingerprint density at radius 3 is 1.13 bits per heavy atom.